The van der Waals surface area contributed by atoms with Gasteiger partial charge in [0.05, 0.1) is 0 Å². The van der Waals surface area contributed by atoms with E-state index in [0.29, 0.717) is 11.4 Å². The number of amides is 3. The Bertz CT molecular complexity index is 599. The van der Waals surface area contributed by atoms with Crippen LogP contribution in [0.5, 0.6) is 0 Å². The van der Waals surface area contributed by atoms with E-state index in [2.05, 4.69) is 10.6 Å². The van der Waals surface area contributed by atoms with Crippen molar-refractivity contribution in [3.8, 4) is 0 Å². The van der Waals surface area contributed by atoms with Crippen LogP contribution < -0.4 is 10.6 Å². The number of likely N-dealkylation sites (N-methyl/N-ethyl adjacent to an activating group) is 1. The Kier molecular flexibility index (Phi) is 4.93. The number of carbonyl (C=O) groups is 2. The topological polar surface area (TPSA) is 61.4 Å². The SMILES string of the molecule is CN(CC(=O)Nc1ccccc1)C(=O)Nc1ccccc1. The molecule has 0 radical (unpaired) electrons. The number of urea groups is 1. The maximum Gasteiger partial charge on any atom is 0.322 e. The minimum atomic E-state index is -0.329. The molecule has 2 N–H and O–H groups in total. The molecule has 0 aromatic heterocycles. The zero-order valence-corrected chi connectivity index (χ0v) is 11.7. The average molecular weight is 283 g/mol. The van der Waals surface area contributed by atoms with Crippen LogP contribution in [0.25, 0.3) is 0 Å². The fourth-order valence-electron chi connectivity index (χ4n) is 1.75. The predicted molar refractivity (Wildman–Crippen MR) is 83.2 cm³/mol. The van der Waals surface area contributed by atoms with E-state index in [1.807, 2.05) is 36.4 Å². The molecule has 0 aliphatic carbocycles. The van der Waals surface area contributed by atoms with Crippen molar-refractivity contribution in [3.63, 3.8) is 0 Å². The number of carbonyl (C=O) groups excluding carboxylic acids is 2. The van der Waals surface area contributed by atoms with E-state index in [1.165, 1.54) is 4.90 Å². The predicted octanol–water partition coefficient (Wildman–Crippen LogP) is 2.79. The molecule has 0 bridgehead atoms. The molecule has 0 unspecified atom stereocenters. The van der Waals surface area contributed by atoms with Gasteiger partial charge in [-0.25, -0.2) is 4.79 Å². The van der Waals surface area contributed by atoms with E-state index in [4.69, 9.17) is 0 Å². The lowest BCUT2D eigenvalue weighted by Crippen LogP contribution is -2.37. The van der Waals surface area contributed by atoms with Crippen LogP contribution in [0.3, 0.4) is 0 Å². The average Bonchev–Trinajstić information content (AvgIpc) is 2.49. The third-order valence-electron chi connectivity index (χ3n) is 2.81. The van der Waals surface area contributed by atoms with Crippen LogP contribution in [0.2, 0.25) is 0 Å². The number of nitrogens with one attached hydrogen (secondary N) is 2. The summed E-state index contributed by atoms with van der Waals surface area (Å²) in [7, 11) is 1.57. The van der Waals surface area contributed by atoms with Gasteiger partial charge in [0.15, 0.2) is 0 Å². The van der Waals surface area contributed by atoms with Gasteiger partial charge in [0.25, 0.3) is 0 Å². The Morgan fingerprint density at radius 1 is 0.857 bits per heavy atom. The van der Waals surface area contributed by atoms with E-state index in [9.17, 15) is 9.59 Å². The minimum absolute atomic E-state index is 0.0203. The first-order chi connectivity index (χ1) is 10.1. The van der Waals surface area contributed by atoms with Gasteiger partial charge in [-0.15, -0.1) is 0 Å². The highest BCUT2D eigenvalue weighted by Gasteiger charge is 2.12. The molecular weight excluding hydrogens is 266 g/mol. The summed E-state index contributed by atoms with van der Waals surface area (Å²) in [5, 5.41) is 5.45. The molecule has 21 heavy (non-hydrogen) atoms. The first-order valence-corrected chi connectivity index (χ1v) is 6.57. The standard InChI is InChI=1S/C16H17N3O2/c1-19(16(21)18-14-10-6-3-7-11-14)12-15(20)17-13-8-4-2-5-9-13/h2-11H,12H2,1H3,(H,17,20)(H,18,21). The molecule has 5 heteroatoms. The van der Waals surface area contributed by atoms with Gasteiger partial charge in [0, 0.05) is 18.4 Å². The summed E-state index contributed by atoms with van der Waals surface area (Å²) in [6, 6.07) is 17.9. The van der Waals surface area contributed by atoms with Crippen molar-refractivity contribution >= 4 is 23.3 Å². The molecule has 0 atom stereocenters. The lowest BCUT2D eigenvalue weighted by atomic mass is 10.3. The molecule has 0 aliphatic heterocycles. The molecule has 0 aliphatic rings. The van der Waals surface area contributed by atoms with E-state index in [-0.39, 0.29) is 18.5 Å². The Morgan fingerprint density at radius 3 is 1.86 bits per heavy atom. The fraction of sp³-hybridized carbons (Fsp3) is 0.125. The van der Waals surface area contributed by atoms with Gasteiger partial charge in [0.1, 0.15) is 6.54 Å². The summed E-state index contributed by atoms with van der Waals surface area (Å²) >= 11 is 0. The van der Waals surface area contributed by atoms with Crippen LogP contribution in [0.1, 0.15) is 0 Å². The summed E-state index contributed by atoms with van der Waals surface area (Å²) in [5.41, 5.74) is 1.40. The molecule has 5 nitrogen and oxygen atoms in total. The third kappa shape index (κ3) is 4.65. The first-order valence-electron chi connectivity index (χ1n) is 6.57. The number of nitrogens with zero attached hydrogens (tertiary/aromatic N) is 1. The molecular formula is C16H17N3O2. The molecule has 0 heterocycles. The van der Waals surface area contributed by atoms with E-state index < -0.39 is 0 Å². The largest absolute Gasteiger partial charge is 0.325 e. The van der Waals surface area contributed by atoms with Crippen LogP contribution in [0.15, 0.2) is 60.7 Å². The molecule has 0 saturated carbocycles. The second kappa shape index (κ2) is 7.09. The van der Waals surface area contributed by atoms with Gasteiger partial charge in [-0.1, -0.05) is 36.4 Å². The number of benzene rings is 2. The zero-order chi connectivity index (χ0) is 15.1. The zero-order valence-electron chi connectivity index (χ0n) is 11.7. The Labute approximate surface area is 123 Å². The lowest BCUT2D eigenvalue weighted by Gasteiger charge is -2.17. The number of hydrogen-bond acceptors (Lipinski definition) is 2. The molecule has 3 amide bonds. The van der Waals surface area contributed by atoms with Crippen molar-refractivity contribution in [2.45, 2.75) is 0 Å². The maximum absolute atomic E-state index is 11.9. The van der Waals surface area contributed by atoms with Crippen molar-refractivity contribution < 1.29 is 9.59 Å². The second-order valence-electron chi connectivity index (χ2n) is 4.57. The molecule has 0 saturated heterocycles. The van der Waals surface area contributed by atoms with E-state index >= 15 is 0 Å². The molecule has 2 aromatic rings. The number of hydrogen-bond donors (Lipinski definition) is 2. The summed E-state index contributed by atoms with van der Waals surface area (Å²) in [5.74, 6) is -0.244. The highest BCUT2D eigenvalue weighted by atomic mass is 16.2. The lowest BCUT2D eigenvalue weighted by molar-refractivity contribution is -0.116. The van der Waals surface area contributed by atoms with Crippen LogP contribution in [-0.4, -0.2) is 30.4 Å². The number of rotatable bonds is 4. The Hall–Kier alpha value is -2.82. The van der Waals surface area contributed by atoms with Crippen molar-refractivity contribution in [2.24, 2.45) is 0 Å². The van der Waals surface area contributed by atoms with Crippen LogP contribution in [0.4, 0.5) is 16.2 Å². The summed E-state index contributed by atoms with van der Waals surface area (Å²) in [4.78, 5) is 25.1. The second-order valence-corrected chi connectivity index (χ2v) is 4.57. The third-order valence-corrected chi connectivity index (χ3v) is 2.81. The van der Waals surface area contributed by atoms with Crippen LogP contribution >= 0.6 is 0 Å². The van der Waals surface area contributed by atoms with Crippen LogP contribution in [-0.2, 0) is 4.79 Å². The van der Waals surface area contributed by atoms with Crippen molar-refractivity contribution in [3.05, 3.63) is 60.7 Å². The van der Waals surface area contributed by atoms with Gasteiger partial charge >= 0.3 is 6.03 Å². The van der Waals surface area contributed by atoms with Gasteiger partial charge in [-0.2, -0.15) is 0 Å². The van der Waals surface area contributed by atoms with Gasteiger partial charge in [0.2, 0.25) is 5.91 Å². The fourth-order valence-corrected chi connectivity index (χ4v) is 1.75. The molecule has 2 aromatic carbocycles. The number of anilines is 2. The van der Waals surface area contributed by atoms with Gasteiger partial charge in [-0.3, -0.25) is 4.79 Å². The van der Waals surface area contributed by atoms with E-state index in [0.717, 1.165) is 0 Å². The Balaban J connectivity index is 1.84. The first kappa shape index (κ1) is 14.6. The van der Waals surface area contributed by atoms with Crippen molar-refractivity contribution in [1.29, 1.82) is 0 Å². The van der Waals surface area contributed by atoms with Gasteiger partial charge in [-0.05, 0) is 24.3 Å². The summed E-state index contributed by atoms with van der Waals surface area (Å²) in [6.07, 6.45) is 0. The normalized spacial score (nSPS) is 9.76. The molecule has 0 spiro atoms. The van der Waals surface area contributed by atoms with Crippen LogP contribution in [0, 0.1) is 0 Å². The van der Waals surface area contributed by atoms with Crippen molar-refractivity contribution in [1.82, 2.24) is 4.90 Å². The molecule has 2 rings (SSSR count). The molecule has 108 valence electrons. The highest BCUT2D eigenvalue weighted by Crippen LogP contribution is 2.07. The maximum atomic E-state index is 11.9. The van der Waals surface area contributed by atoms with E-state index in [1.54, 1.807) is 31.3 Å². The monoisotopic (exact) mass is 283 g/mol. The minimum Gasteiger partial charge on any atom is -0.325 e. The van der Waals surface area contributed by atoms with Crippen molar-refractivity contribution in [2.75, 3.05) is 24.2 Å². The van der Waals surface area contributed by atoms with Gasteiger partial charge < -0.3 is 15.5 Å². The highest BCUT2D eigenvalue weighted by molar-refractivity contribution is 5.96. The number of para-hydroxylation sites is 2. The summed E-state index contributed by atoms with van der Waals surface area (Å²) in [6.45, 7) is -0.0203. The Morgan fingerprint density at radius 2 is 1.33 bits per heavy atom. The quantitative estimate of drug-likeness (QED) is 0.906. The molecule has 0 fully saturated rings. The summed E-state index contributed by atoms with van der Waals surface area (Å²) < 4.78 is 0. The smallest absolute Gasteiger partial charge is 0.322 e.